The van der Waals surface area contributed by atoms with Crippen molar-refractivity contribution in [2.75, 3.05) is 7.05 Å². The summed E-state index contributed by atoms with van der Waals surface area (Å²) in [5.41, 5.74) is 0.982. The van der Waals surface area contributed by atoms with Crippen molar-refractivity contribution >= 4 is 64.5 Å². The SMILES string of the molecule is CN=C(NCc1cccs1)NCc1ccc(Cl)cc1Cl.I. The van der Waals surface area contributed by atoms with Crippen LogP contribution in [0, 0.1) is 0 Å². The summed E-state index contributed by atoms with van der Waals surface area (Å²) in [6, 6.07) is 9.59. The first kappa shape index (κ1) is 18.5. The molecule has 0 atom stereocenters. The van der Waals surface area contributed by atoms with Gasteiger partial charge >= 0.3 is 0 Å². The van der Waals surface area contributed by atoms with Crippen LogP contribution in [0.4, 0.5) is 0 Å². The number of halogens is 3. The lowest BCUT2D eigenvalue weighted by atomic mass is 10.2. The van der Waals surface area contributed by atoms with Gasteiger partial charge in [-0.3, -0.25) is 4.99 Å². The first-order valence-corrected chi connectivity index (χ1v) is 7.73. The molecule has 0 spiro atoms. The van der Waals surface area contributed by atoms with Crippen LogP contribution in [0.3, 0.4) is 0 Å². The van der Waals surface area contributed by atoms with Crippen molar-refractivity contribution in [1.29, 1.82) is 0 Å². The van der Waals surface area contributed by atoms with Gasteiger partial charge in [-0.2, -0.15) is 0 Å². The largest absolute Gasteiger partial charge is 0.352 e. The second-order valence-corrected chi connectivity index (χ2v) is 5.97. The molecule has 7 heteroatoms. The van der Waals surface area contributed by atoms with Crippen LogP contribution >= 0.6 is 58.5 Å². The summed E-state index contributed by atoms with van der Waals surface area (Å²) in [5, 5.41) is 9.82. The second kappa shape index (κ2) is 9.50. The Morgan fingerprint density at radius 2 is 1.95 bits per heavy atom. The molecule has 0 unspecified atom stereocenters. The molecule has 3 nitrogen and oxygen atoms in total. The third-order valence-corrected chi connectivity index (χ3v) is 4.16. The van der Waals surface area contributed by atoms with E-state index in [1.807, 2.05) is 18.2 Å². The molecular weight excluding hydrogens is 440 g/mol. The van der Waals surface area contributed by atoms with Crippen molar-refractivity contribution in [3.05, 3.63) is 56.2 Å². The van der Waals surface area contributed by atoms with E-state index in [1.54, 1.807) is 24.5 Å². The lowest BCUT2D eigenvalue weighted by Crippen LogP contribution is -2.36. The van der Waals surface area contributed by atoms with Gasteiger partial charge in [0.05, 0.1) is 6.54 Å². The van der Waals surface area contributed by atoms with Gasteiger partial charge in [-0.05, 0) is 29.1 Å². The number of hydrogen-bond acceptors (Lipinski definition) is 2. The highest BCUT2D eigenvalue weighted by atomic mass is 127. The highest BCUT2D eigenvalue weighted by Crippen LogP contribution is 2.20. The number of nitrogens with one attached hydrogen (secondary N) is 2. The molecule has 114 valence electrons. The van der Waals surface area contributed by atoms with E-state index in [1.165, 1.54) is 4.88 Å². The topological polar surface area (TPSA) is 36.4 Å². The van der Waals surface area contributed by atoms with Gasteiger partial charge in [-0.15, -0.1) is 35.3 Å². The first-order chi connectivity index (χ1) is 9.69. The van der Waals surface area contributed by atoms with E-state index in [0.717, 1.165) is 18.1 Å². The fourth-order valence-corrected chi connectivity index (χ4v) is 2.77. The molecule has 1 aromatic carbocycles. The molecular formula is C14H16Cl2IN3S. The second-order valence-electron chi connectivity index (χ2n) is 4.09. The zero-order valence-corrected chi connectivity index (χ0v) is 16.1. The molecule has 0 saturated carbocycles. The molecule has 0 aliphatic carbocycles. The molecule has 2 N–H and O–H groups in total. The first-order valence-electron chi connectivity index (χ1n) is 6.10. The van der Waals surface area contributed by atoms with E-state index in [0.29, 0.717) is 16.6 Å². The van der Waals surface area contributed by atoms with Crippen LogP contribution in [-0.2, 0) is 13.1 Å². The quantitative estimate of drug-likeness (QED) is 0.403. The van der Waals surface area contributed by atoms with Crippen LogP contribution in [0.15, 0.2) is 40.7 Å². The minimum absolute atomic E-state index is 0. The number of rotatable bonds is 4. The van der Waals surface area contributed by atoms with Crippen LogP contribution in [0.2, 0.25) is 10.0 Å². The van der Waals surface area contributed by atoms with Gasteiger partial charge in [0.15, 0.2) is 5.96 Å². The monoisotopic (exact) mass is 455 g/mol. The van der Waals surface area contributed by atoms with E-state index in [2.05, 4.69) is 27.1 Å². The van der Waals surface area contributed by atoms with Gasteiger partial charge in [0.2, 0.25) is 0 Å². The molecule has 1 aromatic heterocycles. The highest BCUT2D eigenvalue weighted by molar-refractivity contribution is 14.0. The van der Waals surface area contributed by atoms with E-state index in [4.69, 9.17) is 23.2 Å². The van der Waals surface area contributed by atoms with E-state index < -0.39 is 0 Å². The minimum atomic E-state index is 0. The predicted octanol–water partition coefficient (Wildman–Crippen LogP) is 4.54. The number of hydrogen-bond donors (Lipinski definition) is 2. The van der Waals surface area contributed by atoms with Crippen molar-refractivity contribution in [1.82, 2.24) is 10.6 Å². The van der Waals surface area contributed by atoms with Gasteiger partial charge < -0.3 is 10.6 Å². The molecule has 2 rings (SSSR count). The van der Waals surface area contributed by atoms with Crippen molar-refractivity contribution in [3.63, 3.8) is 0 Å². The Bertz CT molecular complexity index is 588. The smallest absolute Gasteiger partial charge is 0.191 e. The van der Waals surface area contributed by atoms with E-state index in [-0.39, 0.29) is 24.0 Å². The van der Waals surface area contributed by atoms with Crippen molar-refractivity contribution in [3.8, 4) is 0 Å². The number of nitrogens with zero attached hydrogens (tertiary/aromatic N) is 1. The van der Waals surface area contributed by atoms with Gasteiger partial charge in [0, 0.05) is 28.5 Å². The van der Waals surface area contributed by atoms with Gasteiger partial charge in [0.25, 0.3) is 0 Å². The highest BCUT2D eigenvalue weighted by Gasteiger charge is 2.03. The average molecular weight is 456 g/mol. The molecule has 2 aromatic rings. The molecule has 0 amide bonds. The molecule has 0 radical (unpaired) electrons. The van der Waals surface area contributed by atoms with Crippen molar-refractivity contribution in [2.24, 2.45) is 4.99 Å². The Morgan fingerprint density at radius 3 is 2.57 bits per heavy atom. The van der Waals surface area contributed by atoms with Crippen LogP contribution < -0.4 is 10.6 Å². The van der Waals surface area contributed by atoms with Gasteiger partial charge in [-0.25, -0.2) is 0 Å². The number of guanidine groups is 1. The zero-order valence-electron chi connectivity index (χ0n) is 11.4. The zero-order chi connectivity index (χ0) is 14.4. The fraction of sp³-hybridized carbons (Fsp3) is 0.214. The molecule has 0 bridgehead atoms. The molecule has 21 heavy (non-hydrogen) atoms. The van der Waals surface area contributed by atoms with Crippen LogP contribution in [0.5, 0.6) is 0 Å². The Morgan fingerprint density at radius 1 is 1.19 bits per heavy atom. The summed E-state index contributed by atoms with van der Waals surface area (Å²) in [4.78, 5) is 5.44. The number of benzene rings is 1. The molecule has 0 saturated heterocycles. The summed E-state index contributed by atoms with van der Waals surface area (Å²) in [6.45, 7) is 1.35. The predicted molar refractivity (Wildman–Crippen MR) is 103 cm³/mol. The molecule has 0 aliphatic heterocycles. The van der Waals surface area contributed by atoms with Crippen molar-refractivity contribution < 1.29 is 0 Å². The lowest BCUT2D eigenvalue weighted by molar-refractivity contribution is 0.816. The third kappa shape index (κ3) is 6.02. The molecule has 0 fully saturated rings. The number of thiophene rings is 1. The van der Waals surface area contributed by atoms with E-state index in [9.17, 15) is 0 Å². The van der Waals surface area contributed by atoms with Crippen LogP contribution in [0.25, 0.3) is 0 Å². The van der Waals surface area contributed by atoms with E-state index >= 15 is 0 Å². The summed E-state index contributed by atoms with van der Waals surface area (Å²) in [7, 11) is 1.74. The average Bonchev–Trinajstić information content (AvgIpc) is 2.94. The van der Waals surface area contributed by atoms with Crippen molar-refractivity contribution in [2.45, 2.75) is 13.1 Å². The third-order valence-electron chi connectivity index (χ3n) is 2.70. The van der Waals surface area contributed by atoms with Crippen LogP contribution in [0.1, 0.15) is 10.4 Å². The summed E-state index contributed by atoms with van der Waals surface area (Å²) in [6.07, 6.45) is 0. The summed E-state index contributed by atoms with van der Waals surface area (Å²) in [5.74, 6) is 0.740. The number of aliphatic imine (C=N–C) groups is 1. The molecule has 1 heterocycles. The Labute approximate surface area is 155 Å². The Kier molecular flexibility index (Phi) is 8.39. The summed E-state index contributed by atoms with van der Waals surface area (Å²) >= 11 is 13.7. The minimum Gasteiger partial charge on any atom is -0.352 e. The van der Waals surface area contributed by atoms with Gasteiger partial charge in [0.1, 0.15) is 0 Å². The Hall–Kier alpha value is -0.500. The fourth-order valence-electron chi connectivity index (χ4n) is 1.65. The standard InChI is InChI=1S/C14H15Cl2N3S.HI/c1-17-14(19-9-12-3-2-6-20-12)18-8-10-4-5-11(15)7-13(10)16;/h2-7H,8-9H2,1H3,(H2,17,18,19);1H. The Balaban J connectivity index is 0.00000220. The maximum absolute atomic E-state index is 6.13. The van der Waals surface area contributed by atoms with Crippen LogP contribution in [-0.4, -0.2) is 13.0 Å². The normalized spacial score (nSPS) is 10.9. The van der Waals surface area contributed by atoms with Gasteiger partial charge in [-0.1, -0.05) is 35.3 Å². The maximum Gasteiger partial charge on any atom is 0.191 e. The lowest BCUT2D eigenvalue weighted by Gasteiger charge is -2.12. The molecule has 0 aliphatic rings. The summed E-state index contributed by atoms with van der Waals surface area (Å²) < 4.78 is 0. The maximum atomic E-state index is 6.13.